The van der Waals surface area contributed by atoms with Crippen molar-refractivity contribution in [2.75, 3.05) is 26.7 Å². The van der Waals surface area contributed by atoms with Gasteiger partial charge < -0.3 is 15.0 Å². The quantitative estimate of drug-likeness (QED) is 0.808. The normalized spacial score (nSPS) is 20.2. The van der Waals surface area contributed by atoms with Crippen molar-refractivity contribution in [1.82, 2.24) is 15.1 Å². The van der Waals surface area contributed by atoms with E-state index < -0.39 is 0 Å². The Kier molecular flexibility index (Phi) is 4.09. The first-order valence-corrected chi connectivity index (χ1v) is 9.06. The first kappa shape index (κ1) is 16.9. The Morgan fingerprint density at radius 3 is 2.77 bits per heavy atom. The largest absolute Gasteiger partial charge is 0.497 e. The van der Waals surface area contributed by atoms with Crippen LogP contribution in [0.1, 0.15) is 36.8 Å². The predicted octanol–water partition coefficient (Wildman–Crippen LogP) is 1.40. The predicted molar refractivity (Wildman–Crippen MR) is 93.7 cm³/mol. The zero-order valence-corrected chi connectivity index (χ0v) is 14.9. The second kappa shape index (κ2) is 6.30. The molecule has 4 rings (SSSR count). The summed E-state index contributed by atoms with van der Waals surface area (Å²) >= 11 is 0. The number of benzene rings is 1. The summed E-state index contributed by atoms with van der Waals surface area (Å²) in [6.45, 7) is 1.71. The molecule has 2 fully saturated rings. The molecular weight excluding hydrogens is 334 g/mol. The molecule has 1 saturated carbocycles. The number of nitrogens with zero attached hydrogens (tertiary/aromatic N) is 2. The lowest BCUT2D eigenvalue weighted by molar-refractivity contribution is -0.133. The van der Waals surface area contributed by atoms with Crippen LogP contribution in [0.2, 0.25) is 0 Å². The Bertz CT molecular complexity index is 756. The van der Waals surface area contributed by atoms with Gasteiger partial charge in [-0.3, -0.25) is 14.5 Å². The molecule has 7 heteroatoms. The number of amides is 4. The number of urea groups is 1. The molecule has 0 bridgehead atoms. The Balaban J connectivity index is 1.38. The van der Waals surface area contributed by atoms with Crippen molar-refractivity contribution in [1.29, 1.82) is 0 Å². The third kappa shape index (κ3) is 2.91. The van der Waals surface area contributed by atoms with Gasteiger partial charge in [0.15, 0.2) is 0 Å². The maximum absolute atomic E-state index is 12.7. The lowest BCUT2D eigenvalue weighted by atomic mass is 9.86. The standard InChI is InChI=1S/C19H23N3O4/c1-26-14-5-4-13-11-21(12-19(6-7-19)15(13)9-14)16(23)3-2-8-22-17(24)10-20-18(22)25/h4-5,9H,2-3,6-8,10-12H2,1H3,(H,20,25). The molecule has 1 N–H and O–H groups in total. The fraction of sp³-hybridized carbons (Fsp3) is 0.526. The second-order valence-corrected chi connectivity index (χ2v) is 7.36. The van der Waals surface area contributed by atoms with Gasteiger partial charge in [0, 0.05) is 31.5 Å². The number of hydrogen-bond donors (Lipinski definition) is 1. The number of fused-ring (bicyclic) bond motifs is 2. The second-order valence-electron chi connectivity index (χ2n) is 7.36. The van der Waals surface area contributed by atoms with Crippen molar-refractivity contribution in [3.8, 4) is 5.75 Å². The number of carbonyl (C=O) groups is 3. The van der Waals surface area contributed by atoms with Crippen LogP contribution in [0.15, 0.2) is 18.2 Å². The van der Waals surface area contributed by atoms with Gasteiger partial charge in [0.1, 0.15) is 5.75 Å². The highest BCUT2D eigenvalue weighted by Crippen LogP contribution is 2.53. The van der Waals surface area contributed by atoms with E-state index >= 15 is 0 Å². The van der Waals surface area contributed by atoms with E-state index in [0.717, 1.165) is 25.1 Å². The van der Waals surface area contributed by atoms with Crippen LogP contribution in [0.5, 0.6) is 5.75 Å². The van der Waals surface area contributed by atoms with Crippen molar-refractivity contribution < 1.29 is 19.1 Å². The highest BCUT2D eigenvalue weighted by Gasteiger charge is 2.50. The number of nitrogens with one attached hydrogen (secondary N) is 1. The first-order valence-electron chi connectivity index (χ1n) is 9.06. The number of methoxy groups -OCH3 is 1. The minimum absolute atomic E-state index is 0.0572. The molecule has 1 spiro atoms. The van der Waals surface area contributed by atoms with Gasteiger partial charge >= 0.3 is 6.03 Å². The summed E-state index contributed by atoms with van der Waals surface area (Å²) in [5.41, 5.74) is 2.60. The summed E-state index contributed by atoms with van der Waals surface area (Å²) in [5.74, 6) is 0.730. The molecule has 1 saturated heterocycles. The van der Waals surface area contributed by atoms with Gasteiger partial charge in [-0.15, -0.1) is 0 Å². The number of carbonyl (C=O) groups excluding carboxylic acids is 3. The number of rotatable bonds is 5. The molecule has 7 nitrogen and oxygen atoms in total. The summed E-state index contributed by atoms with van der Waals surface area (Å²) in [4.78, 5) is 38.9. The van der Waals surface area contributed by atoms with E-state index in [1.54, 1.807) is 7.11 Å². The molecule has 0 aromatic heterocycles. The van der Waals surface area contributed by atoms with Crippen LogP contribution in [0, 0.1) is 0 Å². The van der Waals surface area contributed by atoms with Crippen molar-refractivity contribution in [3.63, 3.8) is 0 Å². The smallest absolute Gasteiger partial charge is 0.324 e. The molecule has 2 heterocycles. The lowest BCUT2D eigenvalue weighted by Gasteiger charge is -2.35. The lowest BCUT2D eigenvalue weighted by Crippen LogP contribution is -2.42. The zero-order chi connectivity index (χ0) is 18.3. The number of ether oxygens (including phenoxy) is 1. The van der Waals surface area contributed by atoms with Crippen LogP contribution in [0.3, 0.4) is 0 Å². The van der Waals surface area contributed by atoms with Gasteiger partial charge in [-0.05, 0) is 42.5 Å². The highest BCUT2D eigenvalue weighted by atomic mass is 16.5. The molecule has 2 aliphatic heterocycles. The van der Waals surface area contributed by atoms with E-state index in [1.807, 2.05) is 11.0 Å². The average molecular weight is 357 g/mol. The first-order chi connectivity index (χ1) is 12.5. The van der Waals surface area contributed by atoms with E-state index in [4.69, 9.17) is 4.74 Å². The Hall–Kier alpha value is -2.57. The number of imide groups is 1. The van der Waals surface area contributed by atoms with Gasteiger partial charge in [-0.1, -0.05) is 6.07 Å². The van der Waals surface area contributed by atoms with Crippen LogP contribution < -0.4 is 10.1 Å². The van der Waals surface area contributed by atoms with E-state index in [0.29, 0.717) is 25.9 Å². The van der Waals surface area contributed by atoms with Crippen LogP contribution >= 0.6 is 0 Å². The van der Waals surface area contributed by atoms with Gasteiger partial charge in [0.25, 0.3) is 0 Å². The highest BCUT2D eigenvalue weighted by molar-refractivity contribution is 6.01. The maximum Gasteiger partial charge on any atom is 0.324 e. The summed E-state index contributed by atoms with van der Waals surface area (Å²) in [6.07, 6.45) is 3.04. The zero-order valence-electron chi connectivity index (χ0n) is 14.9. The minimum atomic E-state index is -0.361. The summed E-state index contributed by atoms with van der Waals surface area (Å²) < 4.78 is 5.35. The van der Waals surface area contributed by atoms with Crippen LogP contribution in [0.4, 0.5) is 4.79 Å². The molecule has 0 unspecified atom stereocenters. The fourth-order valence-corrected chi connectivity index (χ4v) is 4.01. The molecule has 1 aromatic rings. The number of hydrogen-bond acceptors (Lipinski definition) is 4. The fourth-order valence-electron chi connectivity index (χ4n) is 4.01. The molecule has 0 radical (unpaired) electrons. The van der Waals surface area contributed by atoms with Crippen molar-refractivity contribution in [2.45, 2.75) is 37.6 Å². The van der Waals surface area contributed by atoms with Gasteiger partial charge in [0.05, 0.1) is 13.7 Å². The SMILES string of the molecule is COc1ccc2c(c1)C1(CC1)CN(C(=O)CCCN1C(=O)CNC1=O)C2. The third-order valence-corrected chi connectivity index (χ3v) is 5.66. The maximum atomic E-state index is 12.7. The molecule has 1 aromatic carbocycles. The molecular formula is C19H23N3O4. The van der Waals surface area contributed by atoms with E-state index in [2.05, 4.69) is 17.4 Å². The molecule has 4 amide bonds. The average Bonchev–Trinajstić information content (AvgIpc) is 3.35. The topological polar surface area (TPSA) is 79.0 Å². The van der Waals surface area contributed by atoms with Gasteiger partial charge in [-0.2, -0.15) is 0 Å². The minimum Gasteiger partial charge on any atom is -0.497 e. The van der Waals surface area contributed by atoms with Crippen molar-refractivity contribution in [2.24, 2.45) is 0 Å². The molecule has 138 valence electrons. The van der Waals surface area contributed by atoms with Crippen molar-refractivity contribution in [3.05, 3.63) is 29.3 Å². The third-order valence-electron chi connectivity index (χ3n) is 5.66. The van der Waals surface area contributed by atoms with Crippen molar-refractivity contribution >= 4 is 17.8 Å². The van der Waals surface area contributed by atoms with E-state index in [1.165, 1.54) is 16.0 Å². The molecule has 0 atom stereocenters. The Morgan fingerprint density at radius 1 is 1.31 bits per heavy atom. The van der Waals surface area contributed by atoms with E-state index in [-0.39, 0.29) is 29.8 Å². The van der Waals surface area contributed by atoms with Crippen LogP contribution in [-0.2, 0) is 21.5 Å². The summed E-state index contributed by atoms with van der Waals surface area (Å²) in [7, 11) is 1.67. The van der Waals surface area contributed by atoms with Crippen LogP contribution in [-0.4, -0.2) is 54.4 Å². The van der Waals surface area contributed by atoms with Gasteiger partial charge in [0.2, 0.25) is 11.8 Å². The Morgan fingerprint density at radius 2 is 2.12 bits per heavy atom. The van der Waals surface area contributed by atoms with Gasteiger partial charge in [-0.25, -0.2) is 4.79 Å². The summed E-state index contributed by atoms with van der Waals surface area (Å²) in [6, 6.07) is 5.75. The molecule has 26 heavy (non-hydrogen) atoms. The van der Waals surface area contributed by atoms with E-state index in [9.17, 15) is 14.4 Å². The van der Waals surface area contributed by atoms with Crippen LogP contribution in [0.25, 0.3) is 0 Å². The summed E-state index contributed by atoms with van der Waals surface area (Å²) in [5, 5.41) is 2.49. The Labute approximate surface area is 152 Å². The molecule has 1 aliphatic carbocycles. The molecule has 3 aliphatic rings. The monoisotopic (exact) mass is 357 g/mol.